The number of halogens is 1. The Morgan fingerprint density at radius 3 is 2.53 bits per heavy atom. The molecule has 0 saturated carbocycles. The fourth-order valence-corrected chi connectivity index (χ4v) is 2.71. The van der Waals surface area contributed by atoms with Gasteiger partial charge in [0.2, 0.25) is 0 Å². The lowest BCUT2D eigenvalue weighted by molar-refractivity contribution is 0.410. The molecule has 2 heteroatoms. The SMILES string of the molecule is CCc1ccccc1C(Cl)c1cc(C)ccc1OC. The number of benzene rings is 2. The summed E-state index contributed by atoms with van der Waals surface area (Å²) in [6.07, 6.45) is 0.980. The van der Waals surface area contributed by atoms with Crippen LogP contribution in [0.15, 0.2) is 42.5 Å². The average molecular weight is 275 g/mol. The van der Waals surface area contributed by atoms with Crippen molar-refractivity contribution in [2.75, 3.05) is 7.11 Å². The zero-order valence-corrected chi connectivity index (χ0v) is 12.4. The van der Waals surface area contributed by atoms with E-state index in [1.54, 1.807) is 7.11 Å². The minimum atomic E-state index is -0.175. The molecule has 0 amide bonds. The summed E-state index contributed by atoms with van der Waals surface area (Å²) in [6, 6.07) is 14.4. The lowest BCUT2D eigenvalue weighted by Crippen LogP contribution is -2.01. The van der Waals surface area contributed by atoms with Gasteiger partial charge in [-0.1, -0.05) is 48.9 Å². The Labute approximate surface area is 120 Å². The van der Waals surface area contributed by atoms with E-state index in [0.29, 0.717) is 0 Å². The Balaban J connectivity index is 2.49. The molecule has 0 aromatic heterocycles. The van der Waals surface area contributed by atoms with Crippen LogP contribution >= 0.6 is 11.6 Å². The fourth-order valence-electron chi connectivity index (χ4n) is 2.32. The van der Waals surface area contributed by atoms with E-state index in [1.165, 1.54) is 11.1 Å². The number of alkyl halides is 1. The molecule has 1 atom stereocenters. The molecular formula is C17H19ClO. The molecule has 1 nitrogen and oxygen atoms in total. The maximum absolute atomic E-state index is 6.69. The topological polar surface area (TPSA) is 9.23 Å². The molecule has 0 aliphatic rings. The van der Waals surface area contributed by atoms with Crippen LogP contribution in [0.3, 0.4) is 0 Å². The quantitative estimate of drug-likeness (QED) is 0.721. The third-order valence-electron chi connectivity index (χ3n) is 3.37. The van der Waals surface area contributed by atoms with Gasteiger partial charge in [0.1, 0.15) is 5.75 Å². The predicted molar refractivity (Wildman–Crippen MR) is 81.2 cm³/mol. The third kappa shape index (κ3) is 2.93. The first-order valence-electron chi connectivity index (χ1n) is 6.53. The van der Waals surface area contributed by atoms with Crippen molar-refractivity contribution in [1.82, 2.24) is 0 Å². The summed E-state index contributed by atoms with van der Waals surface area (Å²) in [4.78, 5) is 0. The van der Waals surface area contributed by atoms with Crippen LogP contribution in [0.4, 0.5) is 0 Å². The lowest BCUT2D eigenvalue weighted by Gasteiger charge is -2.17. The average Bonchev–Trinajstić information content (AvgIpc) is 2.46. The monoisotopic (exact) mass is 274 g/mol. The van der Waals surface area contributed by atoms with E-state index in [9.17, 15) is 0 Å². The Morgan fingerprint density at radius 1 is 1.11 bits per heavy atom. The number of aryl methyl sites for hydroxylation is 2. The highest BCUT2D eigenvalue weighted by molar-refractivity contribution is 6.23. The summed E-state index contributed by atoms with van der Waals surface area (Å²) >= 11 is 6.69. The molecule has 0 heterocycles. The van der Waals surface area contributed by atoms with Crippen LogP contribution in [0, 0.1) is 6.92 Å². The first-order valence-corrected chi connectivity index (χ1v) is 6.97. The van der Waals surface area contributed by atoms with Crippen molar-refractivity contribution in [3.05, 3.63) is 64.7 Å². The Kier molecular flexibility index (Phi) is 4.49. The molecule has 0 N–H and O–H groups in total. The van der Waals surface area contributed by atoms with Gasteiger partial charge >= 0.3 is 0 Å². The van der Waals surface area contributed by atoms with Crippen LogP contribution in [0.2, 0.25) is 0 Å². The van der Waals surface area contributed by atoms with Crippen molar-refractivity contribution in [2.24, 2.45) is 0 Å². The van der Waals surface area contributed by atoms with Gasteiger partial charge in [-0.05, 0) is 30.5 Å². The molecule has 2 rings (SSSR count). The number of hydrogen-bond donors (Lipinski definition) is 0. The second-order valence-electron chi connectivity index (χ2n) is 4.66. The largest absolute Gasteiger partial charge is 0.496 e. The van der Waals surface area contributed by atoms with Crippen LogP contribution in [0.5, 0.6) is 5.75 Å². The van der Waals surface area contributed by atoms with Crippen LogP contribution in [-0.4, -0.2) is 7.11 Å². The molecule has 0 aliphatic carbocycles. The van der Waals surface area contributed by atoms with Crippen LogP contribution < -0.4 is 4.74 Å². The Morgan fingerprint density at radius 2 is 1.84 bits per heavy atom. The van der Waals surface area contributed by atoms with Gasteiger partial charge in [0, 0.05) is 5.56 Å². The van der Waals surface area contributed by atoms with Gasteiger partial charge in [-0.3, -0.25) is 0 Å². The van der Waals surface area contributed by atoms with Gasteiger partial charge in [0.05, 0.1) is 12.5 Å². The van der Waals surface area contributed by atoms with Crippen molar-refractivity contribution in [3.8, 4) is 5.75 Å². The van der Waals surface area contributed by atoms with Crippen LogP contribution in [-0.2, 0) is 6.42 Å². The molecule has 100 valence electrons. The zero-order chi connectivity index (χ0) is 13.8. The van der Waals surface area contributed by atoms with Gasteiger partial charge in [-0.25, -0.2) is 0 Å². The standard InChI is InChI=1S/C17H19ClO/c1-4-13-7-5-6-8-14(13)17(18)15-11-12(2)9-10-16(15)19-3/h5-11,17H,4H2,1-3H3. The molecule has 0 bridgehead atoms. The Bertz CT molecular complexity index is 563. The summed E-state index contributed by atoms with van der Waals surface area (Å²) in [5.74, 6) is 0.844. The highest BCUT2D eigenvalue weighted by atomic mass is 35.5. The highest BCUT2D eigenvalue weighted by Crippen LogP contribution is 2.37. The summed E-state index contributed by atoms with van der Waals surface area (Å²) < 4.78 is 5.43. The molecule has 1 unspecified atom stereocenters. The summed E-state index contributed by atoms with van der Waals surface area (Å²) in [6.45, 7) is 4.22. The second-order valence-corrected chi connectivity index (χ2v) is 5.10. The summed E-state index contributed by atoms with van der Waals surface area (Å²) in [5.41, 5.74) is 4.67. The van der Waals surface area contributed by atoms with Gasteiger partial charge in [0.25, 0.3) is 0 Å². The molecule has 0 spiro atoms. The van der Waals surface area contributed by atoms with Gasteiger partial charge in [-0.2, -0.15) is 0 Å². The first-order chi connectivity index (χ1) is 9.17. The number of ether oxygens (including phenoxy) is 1. The second kappa shape index (κ2) is 6.12. The molecule has 0 saturated heterocycles. The van der Waals surface area contributed by atoms with E-state index in [-0.39, 0.29) is 5.38 Å². The van der Waals surface area contributed by atoms with Crippen molar-refractivity contribution in [2.45, 2.75) is 25.6 Å². The smallest absolute Gasteiger partial charge is 0.123 e. The van der Waals surface area contributed by atoms with Crippen LogP contribution in [0.1, 0.15) is 34.6 Å². The first kappa shape index (κ1) is 14.0. The predicted octanol–water partition coefficient (Wildman–Crippen LogP) is 4.89. The number of methoxy groups -OCH3 is 1. The minimum absolute atomic E-state index is 0.175. The van der Waals surface area contributed by atoms with E-state index >= 15 is 0 Å². The van der Waals surface area contributed by atoms with E-state index < -0.39 is 0 Å². The highest BCUT2D eigenvalue weighted by Gasteiger charge is 2.18. The molecule has 0 aliphatic heterocycles. The normalized spacial score (nSPS) is 12.2. The minimum Gasteiger partial charge on any atom is -0.496 e. The maximum Gasteiger partial charge on any atom is 0.123 e. The molecule has 0 radical (unpaired) electrons. The number of rotatable bonds is 4. The lowest BCUT2D eigenvalue weighted by atomic mass is 9.96. The van der Waals surface area contributed by atoms with Crippen molar-refractivity contribution in [1.29, 1.82) is 0 Å². The van der Waals surface area contributed by atoms with E-state index in [0.717, 1.165) is 23.3 Å². The van der Waals surface area contributed by atoms with Gasteiger partial charge in [-0.15, -0.1) is 11.6 Å². The third-order valence-corrected chi connectivity index (χ3v) is 3.84. The molecular weight excluding hydrogens is 256 g/mol. The van der Waals surface area contributed by atoms with Gasteiger partial charge < -0.3 is 4.74 Å². The number of hydrogen-bond acceptors (Lipinski definition) is 1. The van der Waals surface area contributed by atoms with Crippen LogP contribution in [0.25, 0.3) is 0 Å². The molecule has 0 fully saturated rings. The molecule has 2 aromatic rings. The zero-order valence-electron chi connectivity index (χ0n) is 11.6. The molecule has 2 aromatic carbocycles. The maximum atomic E-state index is 6.69. The van der Waals surface area contributed by atoms with Crippen molar-refractivity contribution < 1.29 is 4.74 Å². The van der Waals surface area contributed by atoms with E-state index in [1.807, 2.05) is 18.2 Å². The Hall–Kier alpha value is -1.47. The summed E-state index contributed by atoms with van der Waals surface area (Å²) in [7, 11) is 1.68. The molecule has 19 heavy (non-hydrogen) atoms. The van der Waals surface area contributed by atoms with E-state index in [4.69, 9.17) is 16.3 Å². The fraction of sp³-hybridized carbons (Fsp3) is 0.294. The van der Waals surface area contributed by atoms with E-state index in [2.05, 4.69) is 38.1 Å². The summed E-state index contributed by atoms with van der Waals surface area (Å²) in [5, 5.41) is -0.175. The van der Waals surface area contributed by atoms with Crippen molar-refractivity contribution in [3.63, 3.8) is 0 Å². The van der Waals surface area contributed by atoms with Gasteiger partial charge in [0.15, 0.2) is 0 Å². The van der Waals surface area contributed by atoms with Crippen molar-refractivity contribution >= 4 is 11.6 Å².